The Morgan fingerprint density at radius 3 is 1.27 bits per heavy atom. The van der Waals surface area contributed by atoms with Gasteiger partial charge < -0.3 is 45.1 Å². The molecule has 0 spiro atoms. The van der Waals surface area contributed by atoms with Crippen LogP contribution in [0.25, 0.3) is 0 Å². The lowest BCUT2D eigenvalue weighted by atomic mass is 9.99. The third kappa shape index (κ3) is 51.7. The zero-order valence-corrected chi connectivity index (χ0v) is 55.3. The van der Waals surface area contributed by atoms with Crippen molar-refractivity contribution in [1.82, 2.24) is 5.32 Å². The molecular weight excluding hydrogens is 1070 g/mol. The average molecular weight is 1210 g/mol. The summed E-state index contributed by atoms with van der Waals surface area (Å²) in [6.07, 6.45) is 77.5. The zero-order valence-electron chi connectivity index (χ0n) is 55.3. The van der Waals surface area contributed by atoms with E-state index in [2.05, 4.69) is 92.1 Å². The molecule has 1 rings (SSSR count). The van der Waals surface area contributed by atoms with Crippen LogP contribution in [0, 0.1) is 0 Å². The fourth-order valence-electron chi connectivity index (χ4n) is 10.8. The third-order valence-corrected chi connectivity index (χ3v) is 16.4. The first-order chi connectivity index (χ1) is 42.2. The average Bonchev–Trinajstić information content (AvgIpc) is 2.82. The summed E-state index contributed by atoms with van der Waals surface area (Å²) in [5.41, 5.74) is 0. The van der Waals surface area contributed by atoms with Crippen LogP contribution in [0.3, 0.4) is 0 Å². The lowest BCUT2D eigenvalue weighted by Gasteiger charge is -2.40. The van der Waals surface area contributed by atoms with Gasteiger partial charge in [-0.3, -0.25) is 9.59 Å². The number of amides is 1. The molecule has 0 aromatic carbocycles. The number of hydrogen-bond acceptors (Lipinski definition) is 10. The summed E-state index contributed by atoms with van der Waals surface area (Å²) in [6, 6.07) is -0.834. The molecule has 1 amide bonds. The topological polar surface area (TPSA) is 175 Å². The number of ether oxygens (including phenoxy) is 3. The van der Waals surface area contributed by atoms with E-state index in [0.29, 0.717) is 19.4 Å². The van der Waals surface area contributed by atoms with Crippen molar-refractivity contribution in [3.05, 3.63) is 85.1 Å². The van der Waals surface area contributed by atoms with Crippen LogP contribution in [0.5, 0.6) is 0 Å². The summed E-state index contributed by atoms with van der Waals surface area (Å²) < 4.78 is 16.7. The number of rotatable bonds is 62. The molecule has 86 heavy (non-hydrogen) atoms. The van der Waals surface area contributed by atoms with E-state index in [1.807, 2.05) is 6.08 Å². The smallest absolute Gasteiger partial charge is 0.305 e. The van der Waals surface area contributed by atoms with Crippen molar-refractivity contribution in [1.29, 1.82) is 0 Å². The Balaban J connectivity index is 1.93. The molecule has 0 radical (unpaired) electrons. The Morgan fingerprint density at radius 1 is 0.442 bits per heavy atom. The molecule has 1 aliphatic rings. The molecule has 0 saturated carbocycles. The van der Waals surface area contributed by atoms with Crippen molar-refractivity contribution in [2.75, 3.05) is 19.8 Å². The van der Waals surface area contributed by atoms with Gasteiger partial charge in [-0.1, -0.05) is 272 Å². The minimum absolute atomic E-state index is 0.00820. The van der Waals surface area contributed by atoms with E-state index in [1.54, 1.807) is 6.08 Å². The Kier molecular flexibility index (Phi) is 59.6. The molecule has 11 nitrogen and oxygen atoms in total. The van der Waals surface area contributed by atoms with E-state index in [0.717, 1.165) is 83.5 Å². The number of unbranched alkanes of at least 4 members (excludes halogenated alkanes) is 36. The van der Waals surface area contributed by atoms with Crippen LogP contribution in [-0.2, 0) is 23.8 Å². The van der Waals surface area contributed by atoms with Gasteiger partial charge in [-0.2, -0.15) is 0 Å². The number of esters is 1. The normalized spacial score (nSPS) is 18.4. The van der Waals surface area contributed by atoms with Gasteiger partial charge >= 0.3 is 5.97 Å². The standard InChI is InChI=1S/C75H133NO10/c1-3-5-7-9-11-13-15-16-36-40-43-47-51-55-59-63-71(80)84-64-60-56-52-48-44-41-38-35-33-31-29-27-25-23-21-19-17-18-20-22-24-26-28-30-32-34-37-39-42-46-50-54-58-62-70(79)76-67(66-85-75-74(83)73(82)72(81)69(65-77)86-75)68(78)61-57-53-49-45-14-12-10-8-6-4-2/h6,8,11,13-14,16,21,23,27,29,36,45,57,61,67-69,72-75,77-78,81-83H,3-5,7,9-10,12,15,17-20,22,24-26,28,30-35,37-44,46-56,58-60,62-66H2,1-2H3,(H,76,79)/b8-6+,13-11-,23-21-,29-27-,36-16-,45-14+,61-57+. The number of carbonyl (C=O) groups is 2. The van der Waals surface area contributed by atoms with E-state index in [1.165, 1.54) is 205 Å². The van der Waals surface area contributed by atoms with Crippen molar-refractivity contribution in [2.45, 2.75) is 358 Å². The first kappa shape index (κ1) is 80.9. The number of hydrogen-bond donors (Lipinski definition) is 6. The number of nitrogens with one attached hydrogen (secondary N) is 1. The predicted octanol–water partition coefficient (Wildman–Crippen LogP) is 18.5. The fourth-order valence-corrected chi connectivity index (χ4v) is 10.8. The molecule has 1 fully saturated rings. The number of aliphatic hydroxyl groups is 5. The molecule has 0 aromatic rings. The monoisotopic (exact) mass is 1210 g/mol. The van der Waals surface area contributed by atoms with Crippen molar-refractivity contribution in [3.63, 3.8) is 0 Å². The molecule has 1 saturated heterocycles. The molecule has 7 atom stereocenters. The highest BCUT2D eigenvalue weighted by molar-refractivity contribution is 5.76. The quantitative estimate of drug-likeness (QED) is 0.0195. The van der Waals surface area contributed by atoms with Gasteiger partial charge in [-0.25, -0.2) is 0 Å². The lowest BCUT2D eigenvalue weighted by Crippen LogP contribution is -2.60. The summed E-state index contributed by atoms with van der Waals surface area (Å²) >= 11 is 0. The number of carbonyl (C=O) groups excluding carboxylic acids is 2. The highest BCUT2D eigenvalue weighted by Crippen LogP contribution is 2.23. The van der Waals surface area contributed by atoms with Crippen LogP contribution in [-0.4, -0.2) is 100 Å². The zero-order chi connectivity index (χ0) is 62.3. The minimum atomic E-state index is -1.58. The van der Waals surface area contributed by atoms with Crippen LogP contribution >= 0.6 is 0 Å². The molecular formula is C75H133NO10. The molecule has 0 bridgehead atoms. The van der Waals surface area contributed by atoms with Crippen LogP contribution in [0.4, 0.5) is 0 Å². The van der Waals surface area contributed by atoms with Gasteiger partial charge in [0.2, 0.25) is 5.91 Å². The molecule has 0 aromatic heterocycles. The molecule has 11 heteroatoms. The van der Waals surface area contributed by atoms with Crippen molar-refractivity contribution >= 4 is 11.9 Å². The van der Waals surface area contributed by atoms with Crippen molar-refractivity contribution in [3.8, 4) is 0 Å². The fraction of sp³-hybridized carbons (Fsp3) is 0.787. The molecule has 1 aliphatic heterocycles. The highest BCUT2D eigenvalue weighted by Gasteiger charge is 2.44. The van der Waals surface area contributed by atoms with E-state index in [9.17, 15) is 35.1 Å². The lowest BCUT2D eigenvalue weighted by molar-refractivity contribution is -0.302. The summed E-state index contributed by atoms with van der Waals surface area (Å²) in [6.45, 7) is 4.18. The van der Waals surface area contributed by atoms with Crippen molar-refractivity contribution < 1.29 is 49.3 Å². The Labute approximate surface area is 527 Å². The largest absolute Gasteiger partial charge is 0.466 e. The first-order valence-corrected chi connectivity index (χ1v) is 35.9. The number of aliphatic hydroxyl groups excluding tert-OH is 5. The molecule has 0 aliphatic carbocycles. The minimum Gasteiger partial charge on any atom is -0.466 e. The summed E-state index contributed by atoms with van der Waals surface area (Å²) in [5.74, 6) is -0.205. The van der Waals surface area contributed by atoms with Gasteiger partial charge in [0.25, 0.3) is 0 Å². The maximum atomic E-state index is 13.0. The third-order valence-electron chi connectivity index (χ3n) is 16.4. The van der Waals surface area contributed by atoms with Crippen LogP contribution in [0.2, 0.25) is 0 Å². The first-order valence-electron chi connectivity index (χ1n) is 35.9. The van der Waals surface area contributed by atoms with Gasteiger partial charge in [0.1, 0.15) is 24.4 Å². The molecule has 7 unspecified atom stereocenters. The Morgan fingerprint density at radius 2 is 0.826 bits per heavy atom. The molecule has 498 valence electrons. The van der Waals surface area contributed by atoms with E-state index < -0.39 is 49.5 Å². The highest BCUT2D eigenvalue weighted by atomic mass is 16.7. The molecule has 1 heterocycles. The van der Waals surface area contributed by atoms with Crippen LogP contribution in [0.15, 0.2) is 85.1 Å². The summed E-state index contributed by atoms with van der Waals surface area (Å²) in [5, 5.41) is 54.3. The molecule has 6 N–H and O–H groups in total. The second-order valence-corrected chi connectivity index (χ2v) is 24.5. The maximum absolute atomic E-state index is 13.0. The van der Waals surface area contributed by atoms with E-state index >= 15 is 0 Å². The van der Waals surface area contributed by atoms with Gasteiger partial charge in [0.05, 0.1) is 32.0 Å². The van der Waals surface area contributed by atoms with Gasteiger partial charge in [0, 0.05) is 12.8 Å². The van der Waals surface area contributed by atoms with E-state index in [4.69, 9.17) is 14.2 Å². The number of allylic oxidation sites excluding steroid dienone is 13. The van der Waals surface area contributed by atoms with E-state index in [-0.39, 0.29) is 18.5 Å². The summed E-state index contributed by atoms with van der Waals surface area (Å²) in [4.78, 5) is 25.1. The van der Waals surface area contributed by atoms with Gasteiger partial charge in [-0.05, 0) is 116 Å². The second-order valence-electron chi connectivity index (χ2n) is 24.5. The SMILES string of the molecule is CC/C=C/CC/C=C/CC/C=C/C(O)C(COC1OC(CO)C(O)C(O)C1O)NC(=O)CCCCCCCCCCCCCCCCCCC/C=C\C/C=C\CCCCCCCCCCCOC(=O)CCCCCCC/C=C\C/C=C\CCCCC. The Hall–Kier alpha value is -3.16. The van der Waals surface area contributed by atoms with Crippen LogP contribution < -0.4 is 5.32 Å². The van der Waals surface area contributed by atoms with Crippen LogP contribution in [0.1, 0.15) is 316 Å². The second kappa shape index (κ2) is 63.4. The predicted molar refractivity (Wildman–Crippen MR) is 361 cm³/mol. The van der Waals surface area contributed by atoms with Gasteiger partial charge in [0.15, 0.2) is 6.29 Å². The Bertz CT molecular complexity index is 1710. The van der Waals surface area contributed by atoms with Gasteiger partial charge in [-0.15, -0.1) is 0 Å². The maximum Gasteiger partial charge on any atom is 0.305 e. The summed E-state index contributed by atoms with van der Waals surface area (Å²) in [7, 11) is 0. The van der Waals surface area contributed by atoms with Crippen molar-refractivity contribution in [2.24, 2.45) is 0 Å².